The minimum absolute atomic E-state index is 0.294. The van der Waals surface area contributed by atoms with E-state index in [-0.39, 0.29) is 11.8 Å². The molecule has 1 aromatic carbocycles. The summed E-state index contributed by atoms with van der Waals surface area (Å²) in [6.07, 6.45) is 0. The fraction of sp³-hybridized carbons (Fsp3) is 0.333. The number of hydrogen-bond donors (Lipinski definition) is 0. The second-order valence-electron chi connectivity index (χ2n) is 4.03. The van der Waals surface area contributed by atoms with Crippen molar-refractivity contribution in [3.63, 3.8) is 0 Å². The Bertz CT molecular complexity index is 412. The molecule has 3 unspecified atom stereocenters. The summed E-state index contributed by atoms with van der Waals surface area (Å²) >= 11 is 11.6. The van der Waals surface area contributed by atoms with E-state index in [1.165, 1.54) is 0 Å². The van der Waals surface area contributed by atoms with Gasteiger partial charge in [0.2, 0.25) is 0 Å². The van der Waals surface area contributed by atoms with Crippen LogP contribution in [-0.4, -0.2) is 5.13 Å². The van der Waals surface area contributed by atoms with Crippen molar-refractivity contribution in [2.45, 2.75) is 18.0 Å². The number of rotatable bonds is 2. The van der Waals surface area contributed by atoms with Gasteiger partial charge in [-0.2, -0.15) is 0 Å². The zero-order chi connectivity index (χ0) is 11.2. The molecule has 3 heteroatoms. The zero-order valence-corrected chi connectivity index (χ0v) is 9.82. The van der Waals surface area contributed by atoms with Gasteiger partial charge in [-0.15, -0.1) is 0 Å². The summed E-state index contributed by atoms with van der Waals surface area (Å²) in [5.74, 6) is -0.604. The van der Waals surface area contributed by atoms with Crippen LogP contribution in [0.25, 0.3) is 0 Å². The van der Waals surface area contributed by atoms with E-state index in [1.807, 2.05) is 6.07 Å². The molecule has 3 atom stereocenters. The van der Waals surface area contributed by atoms with Crippen molar-refractivity contribution in [3.8, 4) is 0 Å². The van der Waals surface area contributed by atoms with Gasteiger partial charge in [-0.3, -0.25) is 0 Å². The van der Waals surface area contributed by atoms with E-state index in [0.717, 1.165) is 11.1 Å². The highest BCUT2D eigenvalue weighted by Crippen LogP contribution is 2.65. The highest BCUT2D eigenvalue weighted by atomic mass is 35.5. The monoisotopic (exact) mass is 244 g/mol. The second kappa shape index (κ2) is 3.50. The number of hydrogen-bond acceptors (Lipinski definition) is 0. The van der Waals surface area contributed by atoms with E-state index in [4.69, 9.17) is 23.2 Å². The minimum atomic E-state index is -1.68. The van der Waals surface area contributed by atoms with Crippen LogP contribution in [0.1, 0.15) is 18.4 Å². The van der Waals surface area contributed by atoms with Crippen LogP contribution in [0.15, 0.2) is 36.4 Å². The first-order valence-electron chi connectivity index (χ1n) is 4.73. The molecule has 1 aliphatic rings. The maximum absolute atomic E-state index is 13.9. The topological polar surface area (TPSA) is 0 Å². The Balaban J connectivity index is 2.31. The van der Waals surface area contributed by atoms with E-state index < -0.39 is 5.13 Å². The first-order chi connectivity index (χ1) is 6.94. The predicted octanol–water partition coefficient (Wildman–Crippen LogP) is 4.53. The summed E-state index contributed by atoms with van der Waals surface area (Å²) < 4.78 is 13.9. The number of halogens is 3. The molecule has 0 aliphatic heterocycles. The summed E-state index contributed by atoms with van der Waals surface area (Å²) in [7, 11) is 0. The first-order valence-corrected chi connectivity index (χ1v) is 5.49. The van der Waals surface area contributed by atoms with Gasteiger partial charge < -0.3 is 0 Å². The van der Waals surface area contributed by atoms with Crippen LogP contribution in [0.4, 0.5) is 4.39 Å². The second-order valence-corrected chi connectivity index (χ2v) is 5.05. The molecule has 1 saturated carbocycles. The average Bonchev–Trinajstić information content (AvgIpc) is 2.69. The van der Waals surface area contributed by atoms with Gasteiger partial charge in [0.15, 0.2) is 5.13 Å². The molecule has 0 spiro atoms. The lowest BCUT2D eigenvalue weighted by Gasteiger charge is -1.99. The third-order valence-corrected chi connectivity index (χ3v) is 3.50. The molecule has 1 aromatic rings. The normalized spacial score (nSPS) is 33.9. The fourth-order valence-corrected chi connectivity index (χ4v) is 2.75. The van der Waals surface area contributed by atoms with Gasteiger partial charge >= 0.3 is 0 Å². The average molecular weight is 245 g/mol. The summed E-state index contributed by atoms with van der Waals surface area (Å²) in [6.45, 7) is 5.55. The lowest BCUT2D eigenvalue weighted by Crippen LogP contribution is -1.92. The number of alkyl halides is 2. The van der Waals surface area contributed by atoms with Crippen LogP contribution in [0.5, 0.6) is 0 Å². The van der Waals surface area contributed by atoms with E-state index in [1.54, 1.807) is 25.1 Å². The van der Waals surface area contributed by atoms with Gasteiger partial charge in [-0.05, 0) is 24.6 Å². The van der Waals surface area contributed by atoms with Gasteiger partial charge in [0.05, 0.1) is 0 Å². The highest BCUT2D eigenvalue weighted by Gasteiger charge is 2.66. The highest BCUT2D eigenvalue weighted by molar-refractivity contribution is 6.30. The Hall–Kier alpha value is -0.530. The van der Waals surface area contributed by atoms with Crippen LogP contribution < -0.4 is 0 Å². The molecule has 0 radical (unpaired) electrons. The summed E-state index contributed by atoms with van der Waals surface area (Å²) in [5, 5.41) is -1.08. The van der Waals surface area contributed by atoms with Crippen LogP contribution in [-0.2, 0) is 0 Å². The van der Waals surface area contributed by atoms with Crippen LogP contribution >= 0.6 is 23.2 Å². The summed E-state index contributed by atoms with van der Waals surface area (Å²) in [6, 6.07) is 7.16. The molecule has 0 aromatic heterocycles. The molecule has 0 heterocycles. The molecule has 2 rings (SSSR count). The van der Waals surface area contributed by atoms with Crippen molar-refractivity contribution in [1.29, 1.82) is 0 Å². The maximum Gasteiger partial charge on any atom is 0.198 e. The third-order valence-electron chi connectivity index (χ3n) is 2.79. The first kappa shape index (κ1) is 11.0. The van der Waals surface area contributed by atoms with Gasteiger partial charge in [0.1, 0.15) is 0 Å². The van der Waals surface area contributed by atoms with Crippen LogP contribution in [0.2, 0.25) is 5.02 Å². The number of allylic oxidation sites excluding steroid dienone is 1. The van der Waals surface area contributed by atoms with E-state index in [2.05, 4.69) is 6.58 Å². The van der Waals surface area contributed by atoms with Gasteiger partial charge in [0, 0.05) is 16.9 Å². The summed E-state index contributed by atoms with van der Waals surface area (Å²) in [4.78, 5) is 0. The van der Waals surface area contributed by atoms with E-state index >= 15 is 0 Å². The SMILES string of the molecule is C=C(C)C1C(c2cccc(Cl)c2)C1(F)Cl. The molecule has 1 aliphatic carbocycles. The maximum atomic E-state index is 13.9. The Kier molecular flexibility index (Phi) is 2.56. The molecule has 1 fully saturated rings. The third kappa shape index (κ3) is 1.79. The van der Waals surface area contributed by atoms with Crippen molar-refractivity contribution in [1.82, 2.24) is 0 Å². The Morgan fingerprint density at radius 1 is 1.53 bits per heavy atom. The van der Waals surface area contributed by atoms with Gasteiger partial charge in [-0.25, -0.2) is 4.39 Å². The van der Waals surface area contributed by atoms with Gasteiger partial charge in [-0.1, -0.05) is 47.5 Å². The van der Waals surface area contributed by atoms with Gasteiger partial charge in [0.25, 0.3) is 0 Å². The Labute approximate surface area is 98.7 Å². The molecule has 15 heavy (non-hydrogen) atoms. The van der Waals surface area contributed by atoms with Crippen molar-refractivity contribution in [3.05, 3.63) is 47.0 Å². The Morgan fingerprint density at radius 3 is 2.67 bits per heavy atom. The minimum Gasteiger partial charge on any atom is -0.225 e. The molecule has 0 nitrogen and oxygen atoms in total. The zero-order valence-electron chi connectivity index (χ0n) is 8.31. The standard InChI is InChI=1S/C12H11Cl2F/c1-7(2)10-11(12(10,14)15)8-4-3-5-9(13)6-8/h3-6,10-11H,1H2,2H3. The summed E-state index contributed by atoms with van der Waals surface area (Å²) in [5.41, 5.74) is 1.62. The van der Waals surface area contributed by atoms with E-state index in [0.29, 0.717) is 5.02 Å². The lowest BCUT2D eigenvalue weighted by molar-refractivity contribution is 0.400. The lowest BCUT2D eigenvalue weighted by atomic mass is 10.1. The number of benzene rings is 1. The molecule has 80 valence electrons. The molecular weight excluding hydrogens is 234 g/mol. The van der Waals surface area contributed by atoms with Crippen molar-refractivity contribution in [2.24, 2.45) is 5.92 Å². The quantitative estimate of drug-likeness (QED) is 0.530. The smallest absolute Gasteiger partial charge is 0.198 e. The largest absolute Gasteiger partial charge is 0.225 e. The molecule has 0 amide bonds. The Morgan fingerprint density at radius 2 is 2.20 bits per heavy atom. The van der Waals surface area contributed by atoms with Crippen molar-refractivity contribution < 1.29 is 4.39 Å². The van der Waals surface area contributed by atoms with E-state index in [9.17, 15) is 4.39 Å². The van der Waals surface area contributed by atoms with Crippen LogP contribution in [0.3, 0.4) is 0 Å². The van der Waals surface area contributed by atoms with Crippen LogP contribution in [0, 0.1) is 5.92 Å². The van der Waals surface area contributed by atoms with Crippen molar-refractivity contribution >= 4 is 23.2 Å². The molecular formula is C12H11Cl2F. The predicted molar refractivity (Wildman–Crippen MR) is 62.2 cm³/mol. The molecule has 0 bridgehead atoms. The molecule has 0 saturated heterocycles. The fourth-order valence-electron chi connectivity index (χ4n) is 2.05. The van der Waals surface area contributed by atoms with Crippen molar-refractivity contribution in [2.75, 3.05) is 0 Å². The molecule has 0 N–H and O–H groups in total.